The Labute approximate surface area is 150 Å². The van der Waals surface area contributed by atoms with Crippen molar-refractivity contribution in [1.29, 1.82) is 0 Å². The van der Waals surface area contributed by atoms with Gasteiger partial charge in [0.15, 0.2) is 0 Å². The first-order valence-corrected chi connectivity index (χ1v) is 7.58. The molecule has 0 spiro atoms. The Balaban J connectivity index is 2.00. The normalized spacial score (nSPS) is 10.3. The van der Waals surface area contributed by atoms with Crippen LogP contribution in [0.5, 0.6) is 17.2 Å². The second kappa shape index (κ2) is 9.07. The lowest BCUT2D eigenvalue weighted by Crippen LogP contribution is -2.32. The number of benzene rings is 2. The maximum atomic E-state index is 12.0. The molecule has 2 amide bonds. The SMILES string of the molecule is COc1ccc(NC(=O)C(=O)N/N=C\c2ccccc2OC)c(OC)c1. The van der Waals surface area contributed by atoms with Gasteiger partial charge in [0.25, 0.3) is 0 Å². The van der Waals surface area contributed by atoms with Gasteiger partial charge in [-0.15, -0.1) is 0 Å². The molecule has 8 nitrogen and oxygen atoms in total. The molecule has 0 atom stereocenters. The van der Waals surface area contributed by atoms with E-state index in [-0.39, 0.29) is 0 Å². The van der Waals surface area contributed by atoms with Gasteiger partial charge in [0, 0.05) is 11.6 Å². The van der Waals surface area contributed by atoms with Crippen molar-refractivity contribution in [2.45, 2.75) is 0 Å². The summed E-state index contributed by atoms with van der Waals surface area (Å²) in [5, 5.41) is 6.22. The standard InChI is InChI=1S/C18H19N3O5/c1-24-13-8-9-14(16(10-13)26-3)20-17(22)18(23)21-19-11-12-6-4-5-7-15(12)25-2/h4-11H,1-3H3,(H,20,22)(H,21,23)/b19-11-. The number of rotatable bonds is 6. The summed E-state index contributed by atoms with van der Waals surface area (Å²) in [4.78, 5) is 23.9. The number of hydrazone groups is 1. The number of ether oxygens (including phenoxy) is 3. The van der Waals surface area contributed by atoms with Gasteiger partial charge in [0.05, 0.1) is 33.2 Å². The minimum atomic E-state index is -0.922. The molecule has 0 bridgehead atoms. The predicted octanol–water partition coefficient (Wildman–Crippen LogP) is 1.80. The van der Waals surface area contributed by atoms with Gasteiger partial charge in [-0.05, 0) is 24.3 Å². The molecule has 136 valence electrons. The van der Waals surface area contributed by atoms with E-state index in [9.17, 15) is 9.59 Å². The zero-order valence-corrected chi connectivity index (χ0v) is 14.6. The van der Waals surface area contributed by atoms with Gasteiger partial charge < -0.3 is 19.5 Å². The lowest BCUT2D eigenvalue weighted by Gasteiger charge is -2.10. The van der Waals surface area contributed by atoms with Crippen LogP contribution in [-0.2, 0) is 9.59 Å². The van der Waals surface area contributed by atoms with Crippen molar-refractivity contribution in [3.05, 3.63) is 48.0 Å². The average Bonchev–Trinajstić information content (AvgIpc) is 2.68. The summed E-state index contributed by atoms with van der Waals surface area (Å²) in [6.07, 6.45) is 1.39. The first-order valence-electron chi connectivity index (χ1n) is 7.58. The molecular formula is C18H19N3O5. The Kier molecular flexibility index (Phi) is 6.55. The molecule has 2 aromatic carbocycles. The zero-order valence-electron chi connectivity index (χ0n) is 14.6. The smallest absolute Gasteiger partial charge is 0.329 e. The quantitative estimate of drug-likeness (QED) is 0.467. The van der Waals surface area contributed by atoms with E-state index in [0.29, 0.717) is 28.5 Å². The molecule has 0 unspecified atom stereocenters. The Morgan fingerprint density at radius 3 is 2.35 bits per heavy atom. The Morgan fingerprint density at radius 2 is 1.65 bits per heavy atom. The van der Waals surface area contributed by atoms with E-state index in [4.69, 9.17) is 14.2 Å². The predicted molar refractivity (Wildman–Crippen MR) is 96.9 cm³/mol. The van der Waals surface area contributed by atoms with Crippen molar-refractivity contribution >= 4 is 23.7 Å². The van der Waals surface area contributed by atoms with E-state index in [1.54, 1.807) is 36.4 Å². The van der Waals surface area contributed by atoms with Gasteiger partial charge in [0.2, 0.25) is 0 Å². The molecule has 2 aromatic rings. The van der Waals surface area contributed by atoms with Crippen molar-refractivity contribution in [3.8, 4) is 17.2 Å². The topological polar surface area (TPSA) is 98.2 Å². The molecule has 0 heterocycles. The van der Waals surface area contributed by atoms with Crippen LogP contribution in [0.3, 0.4) is 0 Å². The Hall–Kier alpha value is -3.55. The van der Waals surface area contributed by atoms with Crippen molar-refractivity contribution in [2.24, 2.45) is 5.10 Å². The van der Waals surface area contributed by atoms with Crippen LogP contribution in [0.1, 0.15) is 5.56 Å². The average molecular weight is 357 g/mol. The minimum absolute atomic E-state index is 0.335. The molecule has 0 aromatic heterocycles. The van der Waals surface area contributed by atoms with Crippen LogP contribution in [0.2, 0.25) is 0 Å². The maximum absolute atomic E-state index is 12.0. The molecule has 0 aliphatic heterocycles. The number of carbonyl (C=O) groups excluding carboxylic acids is 2. The van der Waals surface area contributed by atoms with E-state index in [1.165, 1.54) is 27.5 Å². The van der Waals surface area contributed by atoms with Gasteiger partial charge in [-0.3, -0.25) is 9.59 Å². The summed E-state index contributed by atoms with van der Waals surface area (Å²) in [7, 11) is 4.49. The van der Waals surface area contributed by atoms with Crippen molar-refractivity contribution in [2.75, 3.05) is 26.6 Å². The van der Waals surface area contributed by atoms with Gasteiger partial charge in [-0.25, -0.2) is 5.43 Å². The van der Waals surface area contributed by atoms with E-state index in [1.807, 2.05) is 6.07 Å². The largest absolute Gasteiger partial charge is 0.497 e. The molecule has 8 heteroatoms. The van der Waals surface area contributed by atoms with Crippen LogP contribution in [-0.4, -0.2) is 39.4 Å². The summed E-state index contributed by atoms with van der Waals surface area (Å²) in [6, 6.07) is 11.9. The Morgan fingerprint density at radius 1 is 0.923 bits per heavy atom. The number of nitrogens with one attached hydrogen (secondary N) is 2. The summed E-state index contributed by atoms with van der Waals surface area (Å²) in [6.45, 7) is 0. The highest BCUT2D eigenvalue weighted by Crippen LogP contribution is 2.28. The molecule has 2 N–H and O–H groups in total. The van der Waals surface area contributed by atoms with Crippen LogP contribution >= 0.6 is 0 Å². The van der Waals surface area contributed by atoms with E-state index < -0.39 is 11.8 Å². The van der Waals surface area contributed by atoms with Gasteiger partial charge in [0.1, 0.15) is 17.2 Å². The molecule has 0 aliphatic rings. The second-order valence-electron chi connectivity index (χ2n) is 4.96. The molecule has 0 aliphatic carbocycles. The number of anilines is 1. The van der Waals surface area contributed by atoms with Gasteiger partial charge >= 0.3 is 11.8 Å². The van der Waals surface area contributed by atoms with Crippen molar-refractivity contribution in [3.63, 3.8) is 0 Å². The van der Waals surface area contributed by atoms with Crippen LogP contribution in [0.4, 0.5) is 5.69 Å². The highest BCUT2D eigenvalue weighted by molar-refractivity contribution is 6.39. The highest BCUT2D eigenvalue weighted by Gasteiger charge is 2.15. The minimum Gasteiger partial charge on any atom is -0.497 e. The summed E-state index contributed by atoms with van der Waals surface area (Å²) < 4.78 is 15.4. The fraction of sp³-hybridized carbons (Fsp3) is 0.167. The fourth-order valence-corrected chi connectivity index (χ4v) is 2.07. The third-order valence-corrected chi connectivity index (χ3v) is 3.37. The molecule has 0 fully saturated rings. The number of carbonyl (C=O) groups is 2. The molecule has 0 radical (unpaired) electrons. The van der Waals surface area contributed by atoms with E-state index in [0.717, 1.165) is 0 Å². The summed E-state index contributed by atoms with van der Waals surface area (Å²) >= 11 is 0. The van der Waals surface area contributed by atoms with Crippen molar-refractivity contribution in [1.82, 2.24) is 5.43 Å². The third-order valence-electron chi connectivity index (χ3n) is 3.37. The first-order chi connectivity index (χ1) is 12.6. The fourth-order valence-electron chi connectivity index (χ4n) is 2.07. The third kappa shape index (κ3) is 4.73. The molecule has 0 saturated carbocycles. The van der Waals surface area contributed by atoms with Crippen LogP contribution in [0.15, 0.2) is 47.6 Å². The van der Waals surface area contributed by atoms with Gasteiger partial charge in [-0.1, -0.05) is 12.1 Å². The number of amides is 2. The number of hydrogen-bond acceptors (Lipinski definition) is 6. The molecular weight excluding hydrogens is 338 g/mol. The highest BCUT2D eigenvalue weighted by atomic mass is 16.5. The van der Waals surface area contributed by atoms with E-state index >= 15 is 0 Å². The van der Waals surface area contributed by atoms with Crippen LogP contribution in [0, 0.1) is 0 Å². The second-order valence-corrected chi connectivity index (χ2v) is 4.96. The summed E-state index contributed by atoms with van der Waals surface area (Å²) in [5.41, 5.74) is 3.15. The molecule has 0 saturated heterocycles. The van der Waals surface area contributed by atoms with E-state index in [2.05, 4.69) is 15.8 Å². The number of hydrogen-bond donors (Lipinski definition) is 2. The van der Waals surface area contributed by atoms with Gasteiger partial charge in [-0.2, -0.15) is 5.10 Å². The molecule has 26 heavy (non-hydrogen) atoms. The van der Waals surface area contributed by atoms with Crippen molar-refractivity contribution < 1.29 is 23.8 Å². The molecule has 2 rings (SSSR count). The zero-order chi connectivity index (χ0) is 18.9. The summed E-state index contributed by atoms with van der Waals surface area (Å²) in [5.74, 6) is -0.286. The monoisotopic (exact) mass is 357 g/mol. The first kappa shape index (κ1) is 18.8. The van der Waals surface area contributed by atoms with Crippen LogP contribution < -0.4 is 25.0 Å². The van der Waals surface area contributed by atoms with Crippen LogP contribution in [0.25, 0.3) is 0 Å². The number of nitrogens with zero attached hydrogens (tertiary/aromatic N) is 1. The maximum Gasteiger partial charge on any atom is 0.329 e. The lowest BCUT2D eigenvalue weighted by molar-refractivity contribution is -0.136. The lowest BCUT2D eigenvalue weighted by atomic mass is 10.2. The number of para-hydroxylation sites is 1. The number of methoxy groups -OCH3 is 3. The Bertz CT molecular complexity index is 820.